The molecule has 0 bridgehead atoms. The molecule has 0 aliphatic rings. The van der Waals surface area contributed by atoms with Gasteiger partial charge >= 0.3 is 0 Å². The first kappa shape index (κ1) is 10.2. The van der Waals surface area contributed by atoms with Crippen molar-refractivity contribution >= 4 is 17.3 Å². The molecule has 0 aromatic carbocycles. The molecule has 4 heteroatoms. The highest BCUT2D eigenvalue weighted by atomic mass is 32.1. The molecule has 0 atom stereocenters. The summed E-state index contributed by atoms with van der Waals surface area (Å²) in [7, 11) is 0. The van der Waals surface area contributed by atoms with Crippen molar-refractivity contribution in [3.63, 3.8) is 0 Å². The molecule has 2 aromatic heterocycles. The lowest BCUT2D eigenvalue weighted by molar-refractivity contribution is 0.764. The van der Waals surface area contributed by atoms with E-state index in [1.165, 1.54) is 9.75 Å². The Morgan fingerprint density at radius 3 is 3.00 bits per heavy atom. The summed E-state index contributed by atoms with van der Waals surface area (Å²) in [5.41, 5.74) is 0. The van der Waals surface area contributed by atoms with Gasteiger partial charge in [-0.25, -0.2) is 4.98 Å². The highest BCUT2D eigenvalue weighted by Gasteiger charge is 2.01. The summed E-state index contributed by atoms with van der Waals surface area (Å²) in [6, 6.07) is 4.31. The third kappa shape index (κ3) is 2.39. The zero-order chi connectivity index (χ0) is 10.7. The summed E-state index contributed by atoms with van der Waals surface area (Å²) in [6.07, 6.45) is 3.81. The van der Waals surface area contributed by atoms with Crippen LogP contribution in [0.5, 0.6) is 0 Å². The zero-order valence-electron chi connectivity index (χ0n) is 9.03. The molecular formula is C11H15N3S. The molecule has 0 aliphatic heterocycles. The van der Waals surface area contributed by atoms with E-state index in [9.17, 15) is 0 Å². The summed E-state index contributed by atoms with van der Waals surface area (Å²) in [6.45, 7) is 6.05. The van der Waals surface area contributed by atoms with Crippen molar-refractivity contribution in [1.82, 2.24) is 9.55 Å². The Kier molecular flexibility index (Phi) is 3.06. The van der Waals surface area contributed by atoms with E-state index in [4.69, 9.17) is 0 Å². The molecule has 0 saturated carbocycles. The molecule has 2 heterocycles. The molecule has 0 amide bonds. The number of nitrogens with zero attached hydrogens (tertiary/aromatic N) is 2. The van der Waals surface area contributed by atoms with Gasteiger partial charge in [-0.3, -0.25) is 0 Å². The number of anilines is 1. The van der Waals surface area contributed by atoms with Crippen LogP contribution in [0.2, 0.25) is 0 Å². The standard InChI is InChI=1S/C11H15N3S/c1-3-14-7-6-12-11(14)13-8-10-5-4-9(2)15-10/h4-7H,3,8H2,1-2H3,(H,12,13). The first-order valence-corrected chi connectivity index (χ1v) is 5.91. The predicted molar refractivity (Wildman–Crippen MR) is 64.3 cm³/mol. The lowest BCUT2D eigenvalue weighted by Crippen LogP contribution is -2.05. The Morgan fingerprint density at radius 1 is 1.47 bits per heavy atom. The van der Waals surface area contributed by atoms with Crippen molar-refractivity contribution in [2.75, 3.05) is 5.32 Å². The quantitative estimate of drug-likeness (QED) is 0.860. The molecule has 15 heavy (non-hydrogen) atoms. The van der Waals surface area contributed by atoms with E-state index < -0.39 is 0 Å². The smallest absolute Gasteiger partial charge is 0.203 e. The van der Waals surface area contributed by atoms with Crippen LogP contribution in [0.4, 0.5) is 5.95 Å². The van der Waals surface area contributed by atoms with Crippen LogP contribution in [0.25, 0.3) is 0 Å². The Morgan fingerprint density at radius 2 is 2.33 bits per heavy atom. The first-order valence-electron chi connectivity index (χ1n) is 5.10. The highest BCUT2D eigenvalue weighted by molar-refractivity contribution is 7.11. The lowest BCUT2D eigenvalue weighted by Gasteiger charge is -2.06. The molecule has 3 nitrogen and oxygen atoms in total. The normalized spacial score (nSPS) is 10.5. The van der Waals surface area contributed by atoms with Crippen LogP contribution in [0.3, 0.4) is 0 Å². The number of rotatable bonds is 4. The fourth-order valence-corrected chi connectivity index (χ4v) is 2.31. The molecule has 0 aliphatic carbocycles. The van der Waals surface area contributed by atoms with Gasteiger partial charge in [0.15, 0.2) is 0 Å². The maximum atomic E-state index is 4.27. The molecule has 0 radical (unpaired) electrons. The van der Waals surface area contributed by atoms with E-state index in [-0.39, 0.29) is 0 Å². The summed E-state index contributed by atoms with van der Waals surface area (Å²) in [5, 5.41) is 3.34. The molecule has 2 aromatic rings. The average molecular weight is 221 g/mol. The summed E-state index contributed by atoms with van der Waals surface area (Å²) >= 11 is 1.82. The number of nitrogens with one attached hydrogen (secondary N) is 1. The molecule has 2 rings (SSSR count). The van der Waals surface area contributed by atoms with Crippen LogP contribution in [0.15, 0.2) is 24.5 Å². The number of aryl methyl sites for hydroxylation is 2. The minimum atomic E-state index is 0.857. The Hall–Kier alpha value is -1.29. The summed E-state index contributed by atoms with van der Waals surface area (Å²) in [5.74, 6) is 0.948. The Labute approximate surface area is 93.8 Å². The summed E-state index contributed by atoms with van der Waals surface area (Å²) in [4.78, 5) is 6.96. The minimum absolute atomic E-state index is 0.857. The van der Waals surface area contributed by atoms with Gasteiger partial charge in [0.1, 0.15) is 0 Å². The van der Waals surface area contributed by atoms with Crippen LogP contribution in [0, 0.1) is 6.92 Å². The van der Waals surface area contributed by atoms with E-state index in [2.05, 4.69) is 40.8 Å². The fourth-order valence-electron chi connectivity index (χ4n) is 1.48. The van der Waals surface area contributed by atoms with Gasteiger partial charge in [-0.2, -0.15) is 0 Å². The van der Waals surface area contributed by atoms with Gasteiger partial charge in [-0.15, -0.1) is 11.3 Å². The van der Waals surface area contributed by atoms with Crippen molar-refractivity contribution in [1.29, 1.82) is 0 Å². The molecule has 1 N–H and O–H groups in total. The van der Waals surface area contributed by atoms with Gasteiger partial charge in [0.05, 0.1) is 6.54 Å². The van der Waals surface area contributed by atoms with Crippen LogP contribution >= 0.6 is 11.3 Å². The molecule has 0 spiro atoms. The zero-order valence-corrected chi connectivity index (χ0v) is 9.84. The van der Waals surface area contributed by atoms with Crippen molar-refractivity contribution in [2.45, 2.75) is 26.9 Å². The predicted octanol–water partition coefficient (Wildman–Crippen LogP) is 2.89. The highest BCUT2D eigenvalue weighted by Crippen LogP contribution is 2.16. The molecule has 0 fully saturated rings. The van der Waals surface area contributed by atoms with Gasteiger partial charge in [0.25, 0.3) is 0 Å². The van der Waals surface area contributed by atoms with Crippen LogP contribution in [-0.4, -0.2) is 9.55 Å². The van der Waals surface area contributed by atoms with Crippen LogP contribution in [-0.2, 0) is 13.1 Å². The van der Waals surface area contributed by atoms with Crippen LogP contribution in [0.1, 0.15) is 16.7 Å². The monoisotopic (exact) mass is 221 g/mol. The second-order valence-corrected chi connectivity index (χ2v) is 4.78. The molecular weight excluding hydrogens is 206 g/mol. The average Bonchev–Trinajstić information content (AvgIpc) is 2.83. The van der Waals surface area contributed by atoms with Crippen molar-refractivity contribution in [3.05, 3.63) is 34.3 Å². The van der Waals surface area contributed by atoms with Crippen molar-refractivity contribution < 1.29 is 0 Å². The van der Waals surface area contributed by atoms with Crippen molar-refractivity contribution in [2.24, 2.45) is 0 Å². The van der Waals surface area contributed by atoms with Crippen molar-refractivity contribution in [3.8, 4) is 0 Å². The van der Waals surface area contributed by atoms with E-state index in [0.29, 0.717) is 0 Å². The van der Waals surface area contributed by atoms with Gasteiger partial charge in [0, 0.05) is 28.7 Å². The van der Waals surface area contributed by atoms with Crippen LogP contribution < -0.4 is 5.32 Å². The molecule has 0 unspecified atom stereocenters. The first-order chi connectivity index (χ1) is 7.29. The van der Waals surface area contributed by atoms with E-state index in [1.54, 1.807) is 0 Å². The van der Waals surface area contributed by atoms with Gasteiger partial charge in [-0.1, -0.05) is 0 Å². The minimum Gasteiger partial charge on any atom is -0.351 e. The lowest BCUT2D eigenvalue weighted by atomic mass is 10.4. The van der Waals surface area contributed by atoms with Gasteiger partial charge in [-0.05, 0) is 26.0 Å². The largest absolute Gasteiger partial charge is 0.351 e. The van der Waals surface area contributed by atoms with Gasteiger partial charge < -0.3 is 9.88 Å². The SMILES string of the molecule is CCn1ccnc1NCc1ccc(C)s1. The summed E-state index contributed by atoms with van der Waals surface area (Å²) < 4.78 is 2.10. The number of hydrogen-bond donors (Lipinski definition) is 1. The maximum absolute atomic E-state index is 4.27. The number of aromatic nitrogens is 2. The number of hydrogen-bond acceptors (Lipinski definition) is 3. The number of imidazole rings is 1. The Balaban J connectivity index is 1.98. The Bertz CT molecular complexity index is 430. The number of thiophene rings is 1. The fraction of sp³-hybridized carbons (Fsp3) is 0.364. The maximum Gasteiger partial charge on any atom is 0.203 e. The van der Waals surface area contributed by atoms with E-state index in [1.807, 2.05) is 23.7 Å². The van der Waals surface area contributed by atoms with Gasteiger partial charge in [0.2, 0.25) is 5.95 Å². The topological polar surface area (TPSA) is 29.9 Å². The molecule has 80 valence electrons. The molecule has 0 saturated heterocycles. The van der Waals surface area contributed by atoms with E-state index >= 15 is 0 Å². The van der Waals surface area contributed by atoms with E-state index in [0.717, 1.165) is 19.0 Å². The third-order valence-corrected chi connectivity index (χ3v) is 3.27. The second kappa shape index (κ2) is 4.49. The second-order valence-electron chi connectivity index (χ2n) is 3.40. The third-order valence-electron chi connectivity index (χ3n) is 2.27.